The summed E-state index contributed by atoms with van der Waals surface area (Å²) >= 11 is 0. The highest BCUT2D eigenvalue weighted by molar-refractivity contribution is 5.68. The van der Waals surface area contributed by atoms with Crippen molar-refractivity contribution in [1.29, 1.82) is 0 Å². The molecule has 1 aliphatic heterocycles. The summed E-state index contributed by atoms with van der Waals surface area (Å²) in [5, 5.41) is 3.02. The zero-order chi connectivity index (χ0) is 16.2. The molecule has 0 radical (unpaired) electrons. The number of nitrogens with one attached hydrogen (secondary N) is 1. The van der Waals surface area contributed by atoms with Crippen LogP contribution in [-0.4, -0.2) is 67.3 Å². The van der Waals surface area contributed by atoms with Gasteiger partial charge in [-0.1, -0.05) is 0 Å². The molecule has 1 N–H and O–H groups in total. The third-order valence-corrected chi connectivity index (χ3v) is 4.68. The maximum Gasteiger partial charge on any atom is 0.407 e. The van der Waals surface area contributed by atoms with E-state index in [1.54, 1.807) is 0 Å². The Morgan fingerprint density at radius 1 is 1.09 bits per heavy atom. The number of ether oxygens (including phenoxy) is 1. The smallest absolute Gasteiger partial charge is 0.407 e. The molecular formula is C17H33N3O2. The Morgan fingerprint density at radius 3 is 2.23 bits per heavy atom. The molecule has 0 aromatic heterocycles. The van der Waals surface area contributed by atoms with Gasteiger partial charge in [0.25, 0.3) is 0 Å². The van der Waals surface area contributed by atoms with Gasteiger partial charge in [0, 0.05) is 38.8 Å². The molecule has 0 unspecified atom stereocenters. The van der Waals surface area contributed by atoms with Crippen LogP contribution in [0.25, 0.3) is 0 Å². The van der Waals surface area contributed by atoms with E-state index in [4.69, 9.17) is 4.74 Å². The van der Waals surface area contributed by atoms with E-state index in [-0.39, 0.29) is 6.09 Å². The predicted molar refractivity (Wildman–Crippen MR) is 89.1 cm³/mol. The molecule has 0 atom stereocenters. The molecular weight excluding hydrogens is 278 g/mol. The van der Waals surface area contributed by atoms with Gasteiger partial charge in [0.2, 0.25) is 0 Å². The van der Waals surface area contributed by atoms with Crippen molar-refractivity contribution in [3.8, 4) is 0 Å². The number of likely N-dealkylation sites (N-methyl/N-ethyl adjacent to an activating group) is 1. The molecule has 2 rings (SSSR count). The summed E-state index contributed by atoms with van der Waals surface area (Å²) in [5.41, 5.74) is -0.414. The number of hydrogen-bond acceptors (Lipinski definition) is 4. The molecule has 0 bridgehead atoms. The van der Waals surface area contributed by atoms with Crippen molar-refractivity contribution in [1.82, 2.24) is 15.1 Å². The molecule has 1 heterocycles. The van der Waals surface area contributed by atoms with Crippen LogP contribution in [0.3, 0.4) is 0 Å². The van der Waals surface area contributed by atoms with E-state index < -0.39 is 5.60 Å². The van der Waals surface area contributed by atoms with Gasteiger partial charge < -0.3 is 19.9 Å². The Balaban J connectivity index is 1.64. The number of piperazine rings is 1. The number of carbonyl (C=O) groups is 1. The summed E-state index contributed by atoms with van der Waals surface area (Å²) in [4.78, 5) is 16.8. The van der Waals surface area contributed by atoms with E-state index in [9.17, 15) is 4.79 Å². The minimum Gasteiger partial charge on any atom is -0.444 e. The number of carbonyl (C=O) groups excluding carboxylic acids is 1. The molecule has 1 aliphatic carbocycles. The molecule has 5 heteroatoms. The van der Waals surface area contributed by atoms with Crippen LogP contribution >= 0.6 is 0 Å². The minimum atomic E-state index is -0.414. The number of hydrogen-bond donors (Lipinski definition) is 1. The van der Waals surface area contributed by atoms with Gasteiger partial charge in [-0.05, 0) is 59.4 Å². The average Bonchev–Trinajstić information content (AvgIpc) is 2.41. The fourth-order valence-electron chi connectivity index (χ4n) is 3.36. The lowest BCUT2D eigenvalue weighted by molar-refractivity contribution is 0.0481. The van der Waals surface area contributed by atoms with Gasteiger partial charge in [-0.2, -0.15) is 0 Å². The fraction of sp³-hybridized carbons (Fsp3) is 0.941. The first-order valence-corrected chi connectivity index (χ1v) is 8.72. The predicted octanol–water partition coefficient (Wildman–Crippen LogP) is 2.32. The number of rotatable bonds is 3. The normalized spacial score (nSPS) is 28.4. The Labute approximate surface area is 135 Å². The van der Waals surface area contributed by atoms with Crippen molar-refractivity contribution in [3.05, 3.63) is 0 Å². The van der Waals surface area contributed by atoms with Gasteiger partial charge >= 0.3 is 6.09 Å². The van der Waals surface area contributed by atoms with Crippen LogP contribution in [0.4, 0.5) is 4.79 Å². The topological polar surface area (TPSA) is 44.8 Å². The van der Waals surface area contributed by atoms with E-state index in [0.29, 0.717) is 6.04 Å². The standard InChI is InChI=1S/C17H33N3O2/c1-17(2,3)22-16(21)18-15-7-5-14(6-8-15)13-20-11-9-19(4)10-12-20/h14-15H,5-13H2,1-4H3,(H,18,21). The Bertz CT molecular complexity index is 351. The summed E-state index contributed by atoms with van der Waals surface area (Å²) in [6, 6.07) is 0.290. The van der Waals surface area contributed by atoms with Crippen LogP contribution in [0.2, 0.25) is 0 Å². The molecule has 1 saturated carbocycles. The number of alkyl carbamates (subject to hydrolysis) is 1. The van der Waals surface area contributed by atoms with Crippen molar-refractivity contribution in [2.75, 3.05) is 39.8 Å². The van der Waals surface area contributed by atoms with Gasteiger partial charge in [0.15, 0.2) is 0 Å². The van der Waals surface area contributed by atoms with Crippen molar-refractivity contribution in [2.24, 2.45) is 5.92 Å². The third kappa shape index (κ3) is 6.13. The van der Waals surface area contributed by atoms with E-state index >= 15 is 0 Å². The second-order valence-electron chi connectivity index (χ2n) is 7.97. The first-order valence-electron chi connectivity index (χ1n) is 8.72. The van der Waals surface area contributed by atoms with E-state index in [0.717, 1.165) is 18.8 Å². The Hall–Kier alpha value is -0.810. The summed E-state index contributed by atoms with van der Waals surface area (Å²) < 4.78 is 5.34. The van der Waals surface area contributed by atoms with Crippen molar-refractivity contribution < 1.29 is 9.53 Å². The molecule has 1 amide bonds. The average molecular weight is 311 g/mol. The highest BCUT2D eigenvalue weighted by Gasteiger charge is 2.26. The summed E-state index contributed by atoms with van der Waals surface area (Å²) in [7, 11) is 2.20. The van der Waals surface area contributed by atoms with Gasteiger partial charge in [0.1, 0.15) is 5.60 Å². The Morgan fingerprint density at radius 2 is 1.68 bits per heavy atom. The van der Waals surface area contributed by atoms with Gasteiger partial charge in [-0.3, -0.25) is 0 Å². The second-order valence-corrected chi connectivity index (χ2v) is 7.97. The second kappa shape index (κ2) is 7.64. The first kappa shape index (κ1) is 17.5. The molecule has 22 heavy (non-hydrogen) atoms. The quantitative estimate of drug-likeness (QED) is 0.869. The molecule has 0 aromatic rings. The van der Waals surface area contributed by atoms with Crippen molar-refractivity contribution in [2.45, 2.75) is 58.1 Å². The van der Waals surface area contributed by atoms with Crippen LogP contribution in [0, 0.1) is 5.92 Å². The molecule has 1 saturated heterocycles. The summed E-state index contributed by atoms with van der Waals surface area (Å²) in [5.74, 6) is 0.792. The molecule has 0 spiro atoms. The van der Waals surface area contributed by atoms with Crippen LogP contribution in [0.15, 0.2) is 0 Å². The number of amides is 1. The molecule has 0 aromatic carbocycles. The zero-order valence-electron chi connectivity index (χ0n) is 14.7. The van der Waals surface area contributed by atoms with Gasteiger partial charge in [0.05, 0.1) is 0 Å². The highest BCUT2D eigenvalue weighted by atomic mass is 16.6. The molecule has 2 aliphatic rings. The summed E-state index contributed by atoms with van der Waals surface area (Å²) in [6.45, 7) is 11.7. The third-order valence-electron chi connectivity index (χ3n) is 4.68. The van der Waals surface area contributed by atoms with E-state index in [2.05, 4.69) is 22.2 Å². The highest BCUT2D eigenvalue weighted by Crippen LogP contribution is 2.25. The molecule has 5 nitrogen and oxygen atoms in total. The van der Waals surface area contributed by atoms with E-state index in [1.165, 1.54) is 45.6 Å². The fourth-order valence-corrected chi connectivity index (χ4v) is 3.36. The molecule has 2 fully saturated rings. The zero-order valence-corrected chi connectivity index (χ0v) is 14.7. The maximum absolute atomic E-state index is 11.8. The van der Waals surface area contributed by atoms with Crippen LogP contribution in [0.5, 0.6) is 0 Å². The van der Waals surface area contributed by atoms with Gasteiger partial charge in [-0.25, -0.2) is 4.79 Å². The van der Waals surface area contributed by atoms with Crippen molar-refractivity contribution in [3.63, 3.8) is 0 Å². The lowest BCUT2D eigenvalue weighted by Gasteiger charge is -2.37. The van der Waals surface area contributed by atoms with Crippen LogP contribution < -0.4 is 5.32 Å². The number of nitrogens with zero attached hydrogens (tertiary/aromatic N) is 2. The SMILES string of the molecule is CN1CCN(CC2CCC(NC(=O)OC(C)(C)C)CC2)CC1. The first-order chi connectivity index (χ1) is 10.3. The Kier molecular flexibility index (Phi) is 6.09. The van der Waals surface area contributed by atoms with Crippen LogP contribution in [0.1, 0.15) is 46.5 Å². The minimum absolute atomic E-state index is 0.269. The summed E-state index contributed by atoms with van der Waals surface area (Å²) in [6.07, 6.45) is 4.32. The lowest BCUT2D eigenvalue weighted by atomic mass is 9.85. The van der Waals surface area contributed by atoms with Gasteiger partial charge in [-0.15, -0.1) is 0 Å². The van der Waals surface area contributed by atoms with E-state index in [1.807, 2.05) is 20.8 Å². The van der Waals surface area contributed by atoms with Crippen molar-refractivity contribution >= 4 is 6.09 Å². The maximum atomic E-state index is 11.8. The lowest BCUT2D eigenvalue weighted by Crippen LogP contribution is -2.47. The van der Waals surface area contributed by atoms with Crippen LogP contribution in [-0.2, 0) is 4.74 Å². The monoisotopic (exact) mass is 311 g/mol. The largest absolute Gasteiger partial charge is 0.444 e. The molecule has 128 valence electrons.